The Morgan fingerprint density at radius 3 is 2.76 bits per heavy atom. The zero-order valence-electron chi connectivity index (χ0n) is 19.3. The molecular formula is C25H31BrN6O. The molecule has 2 aromatic heterocycles. The van der Waals surface area contributed by atoms with E-state index >= 15 is 0 Å². The Hall–Kier alpha value is -2.74. The molecule has 8 heteroatoms. The van der Waals surface area contributed by atoms with Crippen LogP contribution < -0.4 is 10.2 Å². The SMILES string of the molecule is CCc1c(C)nc(-n2ccnc2)nc1N1CCCCC1CC(=O)NCCc1ccc(Br)cc1. The van der Waals surface area contributed by atoms with Crippen LogP contribution in [0.3, 0.4) is 0 Å². The van der Waals surface area contributed by atoms with Crippen LogP contribution in [0, 0.1) is 6.92 Å². The fourth-order valence-electron chi connectivity index (χ4n) is 4.49. The van der Waals surface area contributed by atoms with Crippen molar-refractivity contribution in [3.63, 3.8) is 0 Å². The molecule has 7 nitrogen and oxygen atoms in total. The van der Waals surface area contributed by atoms with Crippen molar-refractivity contribution in [2.45, 2.75) is 58.4 Å². The van der Waals surface area contributed by atoms with Gasteiger partial charge in [0.1, 0.15) is 12.1 Å². The minimum Gasteiger partial charge on any atom is -0.356 e. The largest absolute Gasteiger partial charge is 0.356 e. The average molecular weight is 511 g/mol. The Morgan fingerprint density at radius 1 is 1.21 bits per heavy atom. The summed E-state index contributed by atoms with van der Waals surface area (Å²) >= 11 is 3.46. The number of benzene rings is 1. The number of carbonyl (C=O) groups is 1. The van der Waals surface area contributed by atoms with E-state index in [1.54, 1.807) is 12.5 Å². The lowest BCUT2D eigenvalue weighted by Crippen LogP contribution is -2.44. The molecular weight excluding hydrogens is 480 g/mol. The topological polar surface area (TPSA) is 75.9 Å². The predicted molar refractivity (Wildman–Crippen MR) is 134 cm³/mol. The number of carbonyl (C=O) groups excluding carboxylic acids is 1. The molecule has 3 aromatic rings. The van der Waals surface area contributed by atoms with Gasteiger partial charge in [0.15, 0.2) is 0 Å². The molecule has 1 aliphatic rings. The first-order valence-electron chi connectivity index (χ1n) is 11.7. The minimum atomic E-state index is 0.0997. The lowest BCUT2D eigenvalue weighted by atomic mass is 9.97. The maximum atomic E-state index is 12.8. The van der Waals surface area contributed by atoms with Crippen molar-refractivity contribution in [2.75, 3.05) is 18.0 Å². The molecule has 1 N–H and O–H groups in total. The number of halogens is 1. The Balaban J connectivity index is 1.46. The van der Waals surface area contributed by atoms with E-state index in [0.29, 0.717) is 18.9 Å². The monoisotopic (exact) mass is 510 g/mol. The first-order chi connectivity index (χ1) is 16.0. The molecule has 1 atom stereocenters. The zero-order valence-corrected chi connectivity index (χ0v) is 20.9. The Kier molecular flexibility index (Phi) is 7.75. The van der Waals surface area contributed by atoms with E-state index in [9.17, 15) is 4.79 Å². The molecule has 1 fully saturated rings. The number of piperidine rings is 1. The van der Waals surface area contributed by atoms with Gasteiger partial charge >= 0.3 is 0 Å². The van der Waals surface area contributed by atoms with Gasteiger partial charge in [-0.05, 0) is 56.7 Å². The fourth-order valence-corrected chi connectivity index (χ4v) is 4.75. The molecule has 174 valence electrons. The molecule has 0 saturated carbocycles. The van der Waals surface area contributed by atoms with E-state index in [1.807, 2.05) is 29.8 Å². The quantitative estimate of drug-likeness (QED) is 0.485. The van der Waals surface area contributed by atoms with Crippen LogP contribution in [0.5, 0.6) is 0 Å². The van der Waals surface area contributed by atoms with E-state index in [0.717, 1.165) is 60.2 Å². The van der Waals surface area contributed by atoms with Gasteiger partial charge in [0, 0.05) is 53.7 Å². The molecule has 1 amide bonds. The fraction of sp³-hybridized carbons (Fsp3) is 0.440. The number of imidazole rings is 1. The van der Waals surface area contributed by atoms with E-state index in [4.69, 9.17) is 9.97 Å². The molecule has 1 aromatic carbocycles. The third-order valence-corrected chi connectivity index (χ3v) is 6.77. The minimum absolute atomic E-state index is 0.0997. The van der Waals surface area contributed by atoms with Crippen molar-refractivity contribution >= 4 is 27.7 Å². The van der Waals surface area contributed by atoms with Gasteiger partial charge in [-0.1, -0.05) is 35.0 Å². The van der Waals surface area contributed by atoms with Gasteiger partial charge in [0.05, 0.1) is 0 Å². The molecule has 0 bridgehead atoms. The molecule has 0 aliphatic carbocycles. The summed E-state index contributed by atoms with van der Waals surface area (Å²) in [4.78, 5) is 28.9. The summed E-state index contributed by atoms with van der Waals surface area (Å²) in [6.45, 7) is 5.73. The van der Waals surface area contributed by atoms with Crippen LogP contribution in [0.2, 0.25) is 0 Å². The van der Waals surface area contributed by atoms with Crippen LogP contribution in [0.15, 0.2) is 47.5 Å². The number of hydrogen-bond donors (Lipinski definition) is 1. The second kappa shape index (κ2) is 10.9. The van der Waals surface area contributed by atoms with Gasteiger partial charge < -0.3 is 10.2 Å². The first kappa shape index (κ1) is 23.4. The maximum Gasteiger partial charge on any atom is 0.237 e. The van der Waals surface area contributed by atoms with Crippen molar-refractivity contribution in [1.29, 1.82) is 0 Å². The highest BCUT2D eigenvalue weighted by molar-refractivity contribution is 9.10. The van der Waals surface area contributed by atoms with Crippen LogP contribution in [0.25, 0.3) is 5.95 Å². The second-order valence-electron chi connectivity index (χ2n) is 8.51. The standard InChI is InChI=1S/C25H31BrN6O/c1-3-22-18(2)29-25(31-15-13-27-17-31)30-24(22)32-14-5-4-6-21(32)16-23(33)28-12-11-19-7-9-20(26)10-8-19/h7-10,13,15,17,21H,3-6,11-12,14,16H2,1-2H3,(H,28,33). The summed E-state index contributed by atoms with van der Waals surface area (Å²) in [5, 5.41) is 3.12. The van der Waals surface area contributed by atoms with Gasteiger partial charge in [-0.3, -0.25) is 9.36 Å². The summed E-state index contributed by atoms with van der Waals surface area (Å²) in [6, 6.07) is 8.37. The summed E-state index contributed by atoms with van der Waals surface area (Å²) in [7, 11) is 0. The van der Waals surface area contributed by atoms with Gasteiger partial charge in [-0.15, -0.1) is 0 Å². The van der Waals surface area contributed by atoms with Crippen molar-refractivity contribution in [1.82, 2.24) is 24.8 Å². The molecule has 0 radical (unpaired) electrons. The molecule has 0 spiro atoms. The van der Waals surface area contributed by atoms with Gasteiger partial charge in [0.25, 0.3) is 0 Å². The number of anilines is 1. The number of aryl methyl sites for hydroxylation is 1. The van der Waals surface area contributed by atoms with Crippen LogP contribution in [0.1, 0.15) is 49.4 Å². The van der Waals surface area contributed by atoms with Crippen molar-refractivity contribution in [2.24, 2.45) is 0 Å². The highest BCUT2D eigenvalue weighted by Gasteiger charge is 2.28. The summed E-state index contributed by atoms with van der Waals surface area (Å²) in [5.74, 6) is 1.68. The molecule has 33 heavy (non-hydrogen) atoms. The van der Waals surface area contributed by atoms with Gasteiger partial charge in [-0.2, -0.15) is 4.98 Å². The smallest absolute Gasteiger partial charge is 0.237 e. The lowest BCUT2D eigenvalue weighted by Gasteiger charge is -2.37. The number of rotatable bonds is 8. The van der Waals surface area contributed by atoms with E-state index in [2.05, 4.69) is 50.2 Å². The number of amides is 1. The van der Waals surface area contributed by atoms with Gasteiger partial charge in [-0.25, -0.2) is 9.97 Å². The highest BCUT2D eigenvalue weighted by Crippen LogP contribution is 2.30. The Morgan fingerprint density at radius 2 is 2.03 bits per heavy atom. The number of aromatic nitrogens is 4. The molecule has 3 heterocycles. The van der Waals surface area contributed by atoms with Gasteiger partial charge in [0.2, 0.25) is 11.9 Å². The first-order valence-corrected chi connectivity index (χ1v) is 12.5. The van der Waals surface area contributed by atoms with Crippen molar-refractivity contribution in [3.05, 3.63) is 64.3 Å². The summed E-state index contributed by atoms with van der Waals surface area (Å²) in [5.41, 5.74) is 3.35. The normalized spacial score (nSPS) is 16.1. The van der Waals surface area contributed by atoms with Crippen LogP contribution in [0.4, 0.5) is 5.82 Å². The Bertz CT molecular complexity index is 1070. The number of hydrogen-bond acceptors (Lipinski definition) is 5. The third kappa shape index (κ3) is 5.79. The molecule has 4 rings (SSSR count). The van der Waals surface area contributed by atoms with Crippen LogP contribution in [-0.2, 0) is 17.6 Å². The predicted octanol–water partition coefficient (Wildman–Crippen LogP) is 4.40. The van der Waals surface area contributed by atoms with E-state index < -0.39 is 0 Å². The maximum absolute atomic E-state index is 12.8. The molecule has 1 aliphatic heterocycles. The molecule has 1 saturated heterocycles. The Labute approximate surface area is 203 Å². The summed E-state index contributed by atoms with van der Waals surface area (Å²) in [6.07, 6.45) is 10.7. The summed E-state index contributed by atoms with van der Waals surface area (Å²) < 4.78 is 2.90. The lowest BCUT2D eigenvalue weighted by molar-refractivity contribution is -0.121. The van der Waals surface area contributed by atoms with Crippen molar-refractivity contribution in [3.8, 4) is 5.95 Å². The van der Waals surface area contributed by atoms with E-state index in [-0.39, 0.29) is 11.9 Å². The number of nitrogens with zero attached hydrogens (tertiary/aromatic N) is 5. The third-order valence-electron chi connectivity index (χ3n) is 6.24. The van der Waals surface area contributed by atoms with Crippen molar-refractivity contribution < 1.29 is 4.79 Å². The zero-order chi connectivity index (χ0) is 23.2. The van der Waals surface area contributed by atoms with Crippen LogP contribution >= 0.6 is 15.9 Å². The number of nitrogens with one attached hydrogen (secondary N) is 1. The molecule has 1 unspecified atom stereocenters. The van der Waals surface area contributed by atoms with E-state index in [1.165, 1.54) is 5.56 Å². The van der Waals surface area contributed by atoms with Crippen LogP contribution in [-0.4, -0.2) is 44.6 Å². The second-order valence-corrected chi connectivity index (χ2v) is 9.42. The average Bonchev–Trinajstić information content (AvgIpc) is 3.35. The highest BCUT2D eigenvalue weighted by atomic mass is 79.9.